The van der Waals surface area contributed by atoms with Crippen molar-refractivity contribution in [2.24, 2.45) is 0 Å². The molecular formula is C15H12FNO4S. The lowest BCUT2D eigenvalue weighted by Gasteiger charge is -2.08. The van der Waals surface area contributed by atoms with Crippen molar-refractivity contribution in [1.82, 2.24) is 0 Å². The monoisotopic (exact) mass is 321 g/mol. The van der Waals surface area contributed by atoms with Crippen LogP contribution in [0.25, 0.3) is 6.08 Å². The van der Waals surface area contributed by atoms with Crippen LogP contribution in [-0.2, 0) is 14.8 Å². The van der Waals surface area contributed by atoms with Crippen molar-refractivity contribution < 1.29 is 22.7 Å². The molecule has 0 fully saturated rings. The molecule has 0 spiro atoms. The maximum Gasteiger partial charge on any atom is 0.328 e. The molecule has 2 aromatic rings. The van der Waals surface area contributed by atoms with Crippen molar-refractivity contribution in [3.05, 3.63) is 66.0 Å². The lowest BCUT2D eigenvalue weighted by Crippen LogP contribution is -2.13. The van der Waals surface area contributed by atoms with Gasteiger partial charge in [0.25, 0.3) is 10.0 Å². The molecule has 0 aliphatic heterocycles. The summed E-state index contributed by atoms with van der Waals surface area (Å²) in [5.74, 6) is -1.69. The van der Waals surface area contributed by atoms with Crippen LogP contribution in [0.5, 0.6) is 0 Å². The second kappa shape index (κ2) is 6.40. The van der Waals surface area contributed by atoms with Gasteiger partial charge in [0.2, 0.25) is 0 Å². The molecule has 22 heavy (non-hydrogen) atoms. The van der Waals surface area contributed by atoms with Gasteiger partial charge in [0.15, 0.2) is 0 Å². The number of hydrogen-bond acceptors (Lipinski definition) is 3. The van der Waals surface area contributed by atoms with Gasteiger partial charge in [0.1, 0.15) is 5.82 Å². The predicted octanol–water partition coefficient (Wildman–Crippen LogP) is 2.72. The summed E-state index contributed by atoms with van der Waals surface area (Å²) in [5.41, 5.74) is 0.524. The lowest BCUT2D eigenvalue weighted by atomic mass is 10.2. The standard InChI is InChI=1S/C15H12FNO4S/c16-12-4-2-5-13(10-12)17-22(20,21)14-6-1-3-11(9-14)7-8-15(18)19/h1-10,17H,(H,18,19). The third-order valence-electron chi connectivity index (χ3n) is 2.66. The van der Waals surface area contributed by atoms with Gasteiger partial charge in [0, 0.05) is 6.08 Å². The highest BCUT2D eigenvalue weighted by atomic mass is 32.2. The van der Waals surface area contributed by atoms with Gasteiger partial charge in [-0.25, -0.2) is 17.6 Å². The van der Waals surface area contributed by atoms with Gasteiger partial charge in [-0.15, -0.1) is 0 Å². The van der Waals surface area contributed by atoms with Crippen LogP contribution in [0.3, 0.4) is 0 Å². The summed E-state index contributed by atoms with van der Waals surface area (Å²) in [6.07, 6.45) is 2.19. The van der Waals surface area contributed by atoms with Gasteiger partial charge in [0.05, 0.1) is 10.6 Å². The summed E-state index contributed by atoms with van der Waals surface area (Å²) in [6.45, 7) is 0. The summed E-state index contributed by atoms with van der Waals surface area (Å²) >= 11 is 0. The lowest BCUT2D eigenvalue weighted by molar-refractivity contribution is -0.131. The number of carbonyl (C=O) groups is 1. The van der Waals surface area contributed by atoms with Crippen LogP contribution in [0.4, 0.5) is 10.1 Å². The molecule has 2 N–H and O–H groups in total. The van der Waals surface area contributed by atoms with E-state index in [0.29, 0.717) is 5.56 Å². The molecule has 0 heterocycles. The van der Waals surface area contributed by atoms with Crippen LogP contribution < -0.4 is 4.72 Å². The van der Waals surface area contributed by atoms with E-state index in [1.165, 1.54) is 42.5 Å². The summed E-state index contributed by atoms with van der Waals surface area (Å²) < 4.78 is 39.8. The fraction of sp³-hybridized carbons (Fsp3) is 0. The molecule has 2 rings (SSSR count). The molecule has 0 bridgehead atoms. The highest BCUT2D eigenvalue weighted by molar-refractivity contribution is 7.92. The molecule has 0 aliphatic carbocycles. The number of nitrogens with one attached hydrogen (secondary N) is 1. The Morgan fingerprint density at radius 1 is 1.14 bits per heavy atom. The quantitative estimate of drug-likeness (QED) is 0.829. The number of sulfonamides is 1. The van der Waals surface area contributed by atoms with E-state index < -0.39 is 21.8 Å². The van der Waals surface area contributed by atoms with Crippen molar-refractivity contribution in [2.45, 2.75) is 4.90 Å². The van der Waals surface area contributed by atoms with Crippen molar-refractivity contribution in [1.29, 1.82) is 0 Å². The summed E-state index contributed by atoms with van der Waals surface area (Å²) in [6, 6.07) is 10.8. The maximum absolute atomic E-state index is 13.1. The van der Waals surface area contributed by atoms with Crippen LogP contribution >= 0.6 is 0 Å². The molecule has 7 heteroatoms. The average molecular weight is 321 g/mol. The molecule has 0 amide bonds. The van der Waals surface area contributed by atoms with Crippen molar-refractivity contribution in [3.8, 4) is 0 Å². The highest BCUT2D eigenvalue weighted by Crippen LogP contribution is 2.18. The Morgan fingerprint density at radius 3 is 2.55 bits per heavy atom. The van der Waals surface area contributed by atoms with E-state index in [1.54, 1.807) is 6.07 Å². The highest BCUT2D eigenvalue weighted by Gasteiger charge is 2.14. The van der Waals surface area contributed by atoms with E-state index in [9.17, 15) is 17.6 Å². The summed E-state index contributed by atoms with van der Waals surface area (Å²) in [7, 11) is -3.89. The number of halogens is 1. The first-order valence-electron chi connectivity index (χ1n) is 6.16. The van der Waals surface area contributed by atoms with Gasteiger partial charge in [-0.05, 0) is 42.0 Å². The largest absolute Gasteiger partial charge is 0.478 e. The number of aliphatic carboxylic acids is 1. The molecule has 0 atom stereocenters. The number of hydrogen-bond donors (Lipinski definition) is 2. The van der Waals surface area contributed by atoms with Crippen molar-refractivity contribution in [2.75, 3.05) is 4.72 Å². The molecule has 0 saturated heterocycles. The third-order valence-corrected chi connectivity index (χ3v) is 4.04. The van der Waals surface area contributed by atoms with Crippen LogP contribution in [0.15, 0.2) is 59.5 Å². The molecule has 0 unspecified atom stereocenters. The number of carboxylic acid groups (broad SMARTS) is 1. The van der Waals surface area contributed by atoms with E-state index >= 15 is 0 Å². The SMILES string of the molecule is O=C(O)C=Cc1cccc(S(=O)(=O)Nc2cccc(F)c2)c1. The second-order valence-electron chi connectivity index (χ2n) is 4.36. The van der Waals surface area contributed by atoms with E-state index in [2.05, 4.69) is 4.72 Å². The molecule has 2 aromatic carbocycles. The number of rotatable bonds is 5. The Balaban J connectivity index is 2.29. The zero-order chi connectivity index (χ0) is 16.2. The fourth-order valence-electron chi connectivity index (χ4n) is 1.72. The van der Waals surface area contributed by atoms with E-state index in [0.717, 1.165) is 12.1 Å². The maximum atomic E-state index is 13.1. The smallest absolute Gasteiger partial charge is 0.328 e. The van der Waals surface area contributed by atoms with Crippen LogP contribution in [-0.4, -0.2) is 19.5 Å². The van der Waals surface area contributed by atoms with Gasteiger partial charge >= 0.3 is 5.97 Å². The molecule has 0 aromatic heterocycles. The Labute approximate surface area is 126 Å². The molecule has 0 saturated carbocycles. The van der Waals surface area contributed by atoms with E-state index in [4.69, 9.17) is 5.11 Å². The first kappa shape index (κ1) is 15.7. The Kier molecular flexibility index (Phi) is 4.57. The number of anilines is 1. The zero-order valence-corrected chi connectivity index (χ0v) is 12.0. The summed E-state index contributed by atoms with van der Waals surface area (Å²) in [5, 5.41) is 8.57. The number of carboxylic acids is 1. The Hall–Kier alpha value is -2.67. The van der Waals surface area contributed by atoms with Crippen LogP contribution in [0.1, 0.15) is 5.56 Å². The van der Waals surface area contributed by atoms with Crippen molar-refractivity contribution in [3.63, 3.8) is 0 Å². The topological polar surface area (TPSA) is 83.5 Å². The minimum absolute atomic E-state index is 0.0516. The molecular weight excluding hydrogens is 309 g/mol. The van der Waals surface area contributed by atoms with Gasteiger partial charge in [-0.3, -0.25) is 4.72 Å². The number of benzene rings is 2. The van der Waals surface area contributed by atoms with E-state index in [1.807, 2.05) is 0 Å². The molecule has 0 radical (unpaired) electrons. The van der Waals surface area contributed by atoms with Gasteiger partial charge in [-0.1, -0.05) is 18.2 Å². The minimum atomic E-state index is -3.89. The minimum Gasteiger partial charge on any atom is -0.478 e. The van der Waals surface area contributed by atoms with Gasteiger partial charge < -0.3 is 5.11 Å². The van der Waals surface area contributed by atoms with Gasteiger partial charge in [-0.2, -0.15) is 0 Å². The average Bonchev–Trinajstić information content (AvgIpc) is 2.45. The van der Waals surface area contributed by atoms with Crippen molar-refractivity contribution >= 4 is 27.8 Å². The predicted molar refractivity (Wildman–Crippen MR) is 80.3 cm³/mol. The van der Waals surface area contributed by atoms with E-state index in [-0.39, 0.29) is 10.6 Å². The molecule has 0 aliphatic rings. The van der Waals surface area contributed by atoms with Crippen LogP contribution in [0.2, 0.25) is 0 Å². The fourth-order valence-corrected chi connectivity index (χ4v) is 2.82. The molecule has 114 valence electrons. The third kappa shape index (κ3) is 4.16. The second-order valence-corrected chi connectivity index (χ2v) is 6.04. The summed E-state index contributed by atoms with van der Waals surface area (Å²) in [4.78, 5) is 10.4. The zero-order valence-electron chi connectivity index (χ0n) is 11.2. The Morgan fingerprint density at radius 2 is 1.86 bits per heavy atom. The van der Waals surface area contributed by atoms with Crippen LogP contribution in [0, 0.1) is 5.82 Å². The first-order valence-corrected chi connectivity index (χ1v) is 7.64. The first-order chi connectivity index (χ1) is 10.4. The Bertz CT molecular complexity index is 831. The molecule has 5 nitrogen and oxygen atoms in total. The normalized spacial score (nSPS) is 11.5.